The minimum absolute atomic E-state index is 0.217. The van der Waals surface area contributed by atoms with Gasteiger partial charge in [0, 0.05) is 57.4 Å². The molecule has 2 fully saturated rings. The van der Waals surface area contributed by atoms with Gasteiger partial charge in [-0.2, -0.15) is 0 Å². The highest BCUT2D eigenvalue weighted by Crippen LogP contribution is 2.40. The van der Waals surface area contributed by atoms with E-state index in [1.165, 1.54) is 12.8 Å². The van der Waals surface area contributed by atoms with Gasteiger partial charge in [-0.05, 0) is 43.7 Å². The normalized spacial score (nSPS) is 23.9. The number of ether oxygens (including phenoxy) is 1. The maximum absolute atomic E-state index is 12.3. The summed E-state index contributed by atoms with van der Waals surface area (Å²) in [5.74, 6) is 1.85. The van der Waals surface area contributed by atoms with Gasteiger partial charge in [0.2, 0.25) is 5.91 Å². The van der Waals surface area contributed by atoms with Gasteiger partial charge in [-0.3, -0.25) is 4.79 Å². The van der Waals surface area contributed by atoms with Gasteiger partial charge in [0.1, 0.15) is 5.82 Å². The zero-order valence-electron chi connectivity index (χ0n) is 16.5. The van der Waals surface area contributed by atoms with Crippen LogP contribution in [0.4, 0.5) is 5.82 Å². The lowest BCUT2D eigenvalue weighted by molar-refractivity contribution is -0.138. The Hall–Kier alpha value is -1.62. The van der Waals surface area contributed by atoms with Crippen LogP contribution in [-0.2, 0) is 9.53 Å². The van der Waals surface area contributed by atoms with Crippen molar-refractivity contribution in [2.24, 2.45) is 5.41 Å². The van der Waals surface area contributed by atoms with Crippen LogP contribution in [0, 0.1) is 5.41 Å². The van der Waals surface area contributed by atoms with Crippen LogP contribution in [0.1, 0.15) is 57.6 Å². The molecule has 1 unspecified atom stereocenters. The number of nitrogens with zero attached hydrogens (tertiary/aromatic N) is 3. The topological polar surface area (TPSA) is 45.7 Å². The monoisotopic (exact) mass is 359 g/mol. The third kappa shape index (κ3) is 4.37. The fourth-order valence-corrected chi connectivity index (χ4v) is 4.38. The largest absolute Gasteiger partial charge is 0.385 e. The highest BCUT2D eigenvalue weighted by Gasteiger charge is 2.41. The molecule has 1 spiro atoms. The van der Waals surface area contributed by atoms with Crippen molar-refractivity contribution in [3.05, 3.63) is 23.9 Å². The van der Waals surface area contributed by atoms with Crippen molar-refractivity contribution in [3.8, 4) is 0 Å². The quantitative estimate of drug-likeness (QED) is 0.730. The first-order valence-corrected chi connectivity index (χ1v) is 10.0. The van der Waals surface area contributed by atoms with Gasteiger partial charge in [-0.25, -0.2) is 4.98 Å². The van der Waals surface area contributed by atoms with Crippen LogP contribution in [0.15, 0.2) is 18.2 Å². The van der Waals surface area contributed by atoms with Gasteiger partial charge in [0.15, 0.2) is 0 Å². The molecule has 2 aliphatic rings. The Labute approximate surface area is 157 Å². The van der Waals surface area contributed by atoms with E-state index in [1.54, 1.807) is 7.11 Å². The van der Waals surface area contributed by atoms with Crippen molar-refractivity contribution < 1.29 is 9.53 Å². The summed E-state index contributed by atoms with van der Waals surface area (Å²) >= 11 is 0. The minimum atomic E-state index is 0.217. The lowest BCUT2D eigenvalue weighted by atomic mass is 9.73. The summed E-state index contributed by atoms with van der Waals surface area (Å²) in [5, 5.41) is 0. The second-order valence-corrected chi connectivity index (χ2v) is 8.26. The van der Waals surface area contributed by atoms with Crippen LogP contribution >= 0.6 is 0 Å². The van der Waals surface area contributed by atoms with Crippen LogP contribution in [0.3, 0.4) is 0 Å². The van der Waals surface area contributed by atoms with Crippen molar-refractivity contribution in [2.45, 2.75) is 51.9 Å². The van der Waals surface area contributed by atoms with E-state index in [9.17, 15) is 4.79 Å². The first-order chi connectivity index (χ1) is 12.5. The van der Waals surface area contributed by atoms with E-state index < -0.39 is 0 Å². The number of hydrogen-bond acceptors (Lipinski definition) is 4. The first-order valence-electron chi connectivity index (χ1n) is 10.0. The summed E-state index contributed by atoms with van der Waals surface area (Å²) in [7, 11) is 1.72. The van der Waals surface area contributed by atoms with Crippen molar-refractivity contribution in [1.29, 1.82) is 0 Å². The second kappa shape index (κ2) is 8.38. The zero-order chi connectivity index (χ0) is 18.6. The summed E-state index contributed by atoms with van der Waals surface area (Å²) in [5.41, 5.74) is 1.37. The summed E-state index contributed by atoms with van der Waals surface area (Å²) in [6.45, 7) is 8.87. The number of hydrogen-bond donors (Lipinski definition) is 0. The van der Waals surface area contributed by atoms with E-state index in [-0.39, 0.29) is 5.41 Å². The highest BCUT2D eigenvalue weighted by molar-refractivity contribution is 5.77. The van der Waals surface area contributed by atoms with Gasteiger partial charge in [-0.1, -0.05) is 19.9 Å². The summed E-state index contributed by atoms with van der Waals surface area (Å²) < 4.78 is 5.16. The Morgan fingerprint density at radius 1 is 1.27 bits per heavy atom. The lowest BCUT2D eigenvalue weighted by Gasteiger charge is -2.48. The lowest BCUT2D eigenvalue weighted by Crippen LogP contribution is -2.54. The van der Waals surface area contributed by atoms with Gasteiger partial charge >= 0.3 is 0 Å². The number of methoxy groups -OCH3 is 1. The van der Waals surface area contributed by atoms with Crippen LogP contribution in [0.25, 0.3) is 0 Å². The predicted molar refractivity (Wildman–Crippen MR) is 105 cm³/mol. The molecule has 3 rings (SSSR count). The molecule has 5 nitrogen and oxygen atoms in total. The Balaban J connectivity index is 1.70. The third-order valence-corrected chi connectivity index (χ3v) is 5.86. The molecule has 1 aromatic heterocycles. The van der Waals surface area contributed by atoms with E-state index in [0.717, 1.165) is 57.1 Å². The summed E-state index contributed by atoms with van der Waals surface area (Å²) in [6.07, 6.45) is 4.99. The van der Waals surface area contributed by atoms with Crippen LogP contribution in [-0.4, -0.2) is 55.7 Å². The molecule has 5 heteroatoms. The fourth-order valence-electron chi connectivity index (χ4n) is 4.38. The number of pyridine rings is 1. The first kappa shape index (κ1) is 19.2. The summed E-state index contributed by atoms with van der Waals surface area (Å²) in [4.78, 5) is 21.8. The van der Waals surface area contributed by atoms with Crippen molar-refractivity contribution in [1.82, 2.24) is 9.88 Å². The molecule has 26 heavy (non-hydrogen) atoms. The Morgan fingerprint density at radius 2 is 2.12 bits per heavy atom. The maximum Gasteiger partial charge on any atom is 0.222 e. The molecule has 3 heterocycles. The molecule has 0 aromatic carbocycles. The molecule has 0 radical (unpaired) electrons. The smallest absolute Gasteiger partial charge is 0.222 e. The maximum atomic E-state index is 12.3. The van der Waals surface area contributed by atoms with Crippen molar-refractivity contribution in [2.75, 3.05) is 44.8 Å². The molecule has 1 atom stereocenters. The van der Waals surface area contributed by atoms with E-state index in [0.29, 0.717) is 18.2 Å². The zero-order valence-corrected chi connectivity index (χ0v) is 16.5. The second-order valence-electron chi connectivity index (χ2n) is 8.26. The van der Waals surface area contributed by atoms with Crippen molar-refractivity contribution in [3.63, 3.8) is 0 Å². The Bertz CT molecular complexity index is 619. The van der Waals surface area contributed by atoms with Gasteiger partial charge in [0.05, 0.1) is 0 Å². The molecule has 2 saturated heterocycles. The van der Waals surface area contributed by atoms with E-state index in [4.69, 9.17) is 9.72 Å². The molecule has 0 saturated carbocycles. The average molecular weight is 360 g/mol. The van der Waals surface area contributed by atoms with Crippen molar-refractivity contribution >= 4 is 11.7 Å². The van der Waals surface area contributed by atoms with E-state index in [1.807, 2.05) is 0 Å². The number of aromatic nitrogens is 1. The molecule has 144 valence electrons. The van der Waals surface area contributed by atoms with Gasteiger partial charge in [-0.15, -0.1) is 0 Å². The van der Waals surface area contributed by atoms with Crippen LogP contribution in [0.2, 0.25) is 0 Å². The Kier molecular flexibility index (Phi) is 6.17. The standard InChI is InChI=1S/C21H33N3O2/c1-17(2)18-7-4-8-19(22-18)23-12-5-10-21(15-23)11-9-20(25)24(16-21)13-6-14-26-3/h4,7-8,17H,5-6,9-16H2,1-3H3. The molecule has 0 aliphatic carbocycles. The molecule has 0 bridgehead atoms. The number of likely N-dealkylation sites (tertiary alicyclic amines) is 1. The third-order valence-electron chi connectivity index (χ3n) is 5.86. The number of carbonyl (C=O) groups is 1. The molecular formula is C21H33N3O2. The molecular weight excluding hydrogens is 326 g/mol. The molecule has 2 aliphatic heterocycles. The van der Waals surface area contributed by atoms with Crippen LogP contribution < -0.4 is 4.90 Å². The van der Waals surface area contributed by atoms with E-state index >= 15 is 0 Å². The SMILES string of the molecule is COCCCN1CC2(CCCN(c3cccc(C(C)C)n3)C2)CCC1=O. The molecule has 0 N–H and O–H groups in total. The predicted octanol–water partition coefficient (Wildman–Crippen LogP) is 3.45. The summed E-state index contributed by atoms with van der Waals surface area (Å²) in [6, 6.07) is 6.38. The number of carbonyl (C=O) groups excluding carboxylic acids is 1. The Morgan fingerprint density at radius 3 is 2.88 bits per heavy atom. The number of piperidine rings is 2. The van der Waals surface area contributed by atoms with Gasteiger partial charge < -0.3 is 14.5 Å². The number of rotatable bonds is 6. The fraction of sp³-hybridized carbons (Fsp3) is 0.714. The average Bonchev–Trinajstić information content (AvgIpc) is 2.65. The minimum Gasteiger partial charge on any atom is -0.385 e. The highest BCUT2D eigenvalue weighted by atomic mass is 16.5. The number of anilines is 1. The van der Waals surface area contributed by atoms with E-state index in [2.05, 4.69) is 41.8 Å². The molecule has 1 aromatic rings. The molecule has 1 amide bonds. The van der Waals surface area contributed by atoms with Crippen LogP contribution in [0.5, 0.6) is 0 Å². The number of amides is 1. The van der Waals surface area contributed by atoms with Gasteiger partial charge in [0.25, 0.3) is 0 Å².